The molecule has 0 fully saturated rings. The third-order valence-corrected chi connectivity index (χ3v) is 2.66. The highest BCUT2D eigenvalue weighted by Crippen LogP contribution is 2.11. The van der Waals surface area contributed by atoms with Crippen LogP contribution in [-0.4, -0.2) is 13.0 Å². The Morgan fingerprint density at radius 1 is 1.11 bits per heavy atom. The smallest absolute Gasteiger partial charge is 0.265 e. The van der Waals surface area contributed by atoms with Gasteiger partial charge in [-0.05, 0) is 29.8 Å². The Bertz CT molecular complexity index is 541. The van der Waals surface area contributed by atoms with Crippen LogP contribution < -0.4 is 15.6 Å². The van der Waals surface area contributed by atoms with Gasteiger partial charge in [0.25, 0.3) is 5.91 Å². The van der Waals surface area contributed by atoms with Gasteiger partial charge in [0.05, 0.1) is 7.11 Å². The van der Waals surface area contributed by atoms with Gasteiger partial charge in [-0.25, -0.2) is 5.43 Å². The Morgan fingerprint density at radius 3 is 2.63 bits per heavy atom. The van der Waals surface area contributed by atoms with Crippen LogP contribution in [-0.2, 0) is 6.54 Å². The molecule has 4 heteroatoms. The van der Waals surface area contributed by atoms with Gasteiger partial charge in [-0.1, -0.05) is 30.3 Å². The summed E-state index contributed by atoms with van der Waals surface area (Å²) in [6.07, 6.45) is 0. The lowest BCUT2D eigenvalue weighted by Gasteiger charge is -2.08. The molecule has 0 spiro atoms. The van der Waals surface area contributed by atoms with Crippen LogP contribution in [0.3, 0.4) is 0 Å². The fraction of sp³-hybridized carbons (Fsp3) is 0.133. The summed E-state index contributed by atoms with van der Waals surface area (Å²) in [4.78, 5) is 11.8. The van der Waals surface area contributed by atoms with Crippen molar-refractivity contribution in [2.24, 2.45) is 0 Å². The quantitative estimate of drug-likeness (QED) is 0.806. The van der Waals surface area contributed by atoms with Crippen LogP contribution in [0.25, 0.3) is 0 Å². The Kier molecular flexibility index (Phi) is 4.53. The van der Waals surface area contributed by atoms with Crippen LogP contribution in [0.1, 0.15) is 15.9 Å². The van der Waals surface area contributed by atoms with E-state index in [-0.39, 0.29) is 5.91 Å². The number of amides is 1. The Hall–Kier alpha value is -2.33. The average Bonchev–Trinajstić information content (AvgIpc) is 2.48. The number of methoxy groups -OCH3 is 1. The number of hydrogen-bond donors (Lipinski definition) is 2. The summed E-state index contributed by atoms with van der Waals surface area (Å²) in [5.74, 6) is 0.650. The number of carbonyl (C=O) groups is 1. The summed E-state index contributed by atoms with van der Waals surface area (Å²) in [7, 11) is 1.63. The maximum Gasteiger partial charge on any atom is 0.265 e. The maximum atomic E-state index is 11.8. The lowest BCUT2D eigenvalue weighted by atomic mass is 10.2. The molecule has 19 heavy (non-hydrogen) atoms. The van der Waals surface area contributed by atoms with Crippen molar-refractivity contribution in [3.05, 3.63) is 65.7 Å². The van der Waals surface area contributed by atoms with Gasteiger partial charge >= 0.3 is 0 Å². The van der Waals surface area contributed by atoms with Crippen molar-refractivity contribution in [2.45, 2.75) is 6.54 Å². The highest BCUT2D eigenvalue weighted by atomic mass is 16.5. The molecule has 1 amide bonds. The minimum Gasteiger partial charge on any atom is -0.497 e. The molecule has 0 aliphatic rings. The van der Waals surface area contributed by atoms with Crippen molar-refractivity contribution in [3.63, 3.8) is 0 Å². The zero-order chi connectivity index (χ0) is 13.5. The van der Waals surface area contributed by atoms with Crippen molar-refractivity contribution < 1.29 is 9.53 Å². The molecule has 0 aliphatic carbocycles. The molecule has 0 aromatic heterocycles. The topological polar surface area (TPSA) is 50.4 Å². The fourth-order valence-electron chi connectivity index (χ4n) is 1.67. The van der Waals surface area contributed by atoms with E-state index >= 15 is 0 Å². The standard InChI is InChI=1S/C15H16N2O2/c1-19-14-9-5-6-12(10-14)11-16-17-15(18)13-7-3-2-4-8-13/h2-10,16H,11H2,1H3,(H,17,18). The molecule has 2 aromatic rings. The summed E-state index contributed by atoms with van der Waals surface area (Å²) in [6.45, 7) is 0.537. The number of hydrogen-bond acceptors (Lipinski definition) is 3. The summed E-state index contributed by atoms with van der Waals surface area (Å²) in [5, 5.41) is 0. The summed E-state index contributed by atoms with van der Waals surface area (Å²) < 4.78 is 5.14. The Labute approximate surface area is 112 Å². The predicted octanol–water partition coefficient (Wildman–Crippen LogP) is 2.13. The zero-order valence-corrected chi connectivity index (χ0v) is 10.7. The van der Waals surface area contributed by atoms with Crippen LogP contribution in [0.2, 0.25) is 0 Å². The second kappa shape index (κ2) is 6.56. The van der Waals surface area contributed by atoms with Gasteiger partial charge in [0.1, 0.15) is 5.75 Å². The van der Waals surface area contributed by atoms with Crippen molar-refractivity contribution >= 4 is 5.91 Å². The van der Waals surface area contributed by atoms with Crippen LogP contribution in [0.4, 0.5) is 0 Å². The van der Waals surface area contributed by atoms with Gasteiger partial charge in [-0.3, -0.25) is 10.2 Å². The van der Waals surface area contributed by atoms with Crippen molar-refractivity contribution in [2.75, 3.05) is 7.11 Å². The molecule has 0 atom stereocenters. The van der Waals surface area contributed by atoms with Gasteiger partial charge in [-0.2, -0.15) is 0 Å². The molecule has 2 aromatic carbocycles. The molecule has 98 valence electrons. The van der Waals surface area contributed by atoms with Crippen LogP contribution in [0, 0.1) is 0 Å². The van der Waals surface area contributed by atoms with Crippen LogP contribution >= 0.6 is 0 Å². The number of rotatable bonds is 5. The zero-order valence-electron chi connectivity index (χ0n) is 10.7. The third kappa shape index (κ3) is 3.82. The van der Waals surface area contributed by atoms with E-state index in [0.717, 1.165) is 11.3 Å². The summed E-state index contributed by atoms with van der Waals surface area (Å²) in [6, 6.07) is 16.7. The molecule has 0 heterocycles. The SMILES string of the molecule is COc1cccc(CNNC(=O)c2ccccc2)c1. The number of benzene rings is 2. The third-order valence-electron chi connectivity index (χ3n) is 2.66. The number of hydrazine groups is 1. The van der Waals surface area contributed by atoms with E-state index in [1.165, 1.54) is 0 Å². The summed E-state index contributed by atoms with van der Waals surface area (Å²) >= 11 is 0. The number of carbonyl (C=O) groups excluding carboxylic acids is 1. The average molecular weight is 256 g/mol. The van der Waals surface area contributed by atoms with E-state index in [9.17, 15) is 4.79 Å². The van der Waals surface area contributed by atoms with Gasteiger partial charge < -0.3 is 4.74 Å². The highest BCUT2D eigenvalue weighted by molar-refractivity contribution is 5.93. The highest BCUT2D eigenvalue weighted by Gasteiger charge is 2.03. The summed E-state index contributed by atoms with van der Waals surface area (Å²) in [5.41, 5.74) is 7.21. The minimum atomic E-state index is -0.150. The number of nitrogens with one attached hydrogen (secondary N) is 2. The van der Waals surface area contributed by atoms with E-state index < -0.39 is 0 Å². The molecule has 0 bridgehead atoms. The molecule has 2 rings (SSSR count). The van der Waals surface area contributed by atoms with Gasteiger partial charge in [0.15, 0.2) is 0 Å². The maximum absolute atomic E-state index is 11.8. The van der Waals surface area contributed by atoms with E-state index in [4.69, 9.17) is 4.74 Å². The minimum absolute atomic E-state index is 0.150. The first-order valence-electron chi connectivity index (χ1n) is 6.01. The van der Waals surface area contributed by atoms with Gasteiger partial charge in [0, 0.05) is 12.1 Å². The first-order chi connectivity index (χ1) is 9.29. The molecule has 0 saturated heterocycles. The fourth-order valence-corrected chi connectivity index (χ4v) is 1.67. The molecular formula is C15H16N2O2. The predicted molar refractivity (Wildman–Crippen MR) is 73.7 cm³/mol. The van der Waals surface area contributed by atoms with E-state index in [2.05, 4.69) is 10.9 Å². The monoisotopic (exact) mass is 256 g/mol. The van der Waals surface area contributed by atoms with Gasteiger partial charge in [0.2, 0.25) is 0 Å². The van der Waals surface area contributed by atoms with Crippen molar-refractivity contribution in [3.8, 4) is 5.75 Å². The van der Waals surface area contributed by atoms with E-state index in [0.29, 0.717) is 12.1 Å². The number of ether oxygens (including phenoxy) is 1. The normalized spacial score (nSPS) is 9.95. The molecule has 0 unspecified atom stereocenters. The molecular weight excluding hydrogens is 240 g/mol. The second-order valence-electron chi connectivity index (χ2n) is 4.03. The Morgan fingerprint density at radius 2 is 1.89 bits per heavy atom. The lowest BCUT2D eigenvalue weighted by Crippen LogP contribution is -2.36. The largest absolute Gasteiger partial charge is 0.497 e. The van der Waals surface area contributed by atoms with Crippen LogP contribution in [0.15, 0.2) is 54.6 Å². The lowest BCUT2D eigenvalue weighted by molar-refractivity contribution is 0.0932. The van der Waals surface area contributed by atoms with E-state index in [1.54, 1.807) is 19.2 Å². The Balaban J connectivity index is 1.85. The first-order valence-corrected chi connectivity index (χ1v) is 6.01. The van der Waals surface area contributed by atoms with Gasteiger partial charge in [-0.15, -0.1) is 0 Å². The second-order valence-corrected chi connectivity index (χ2v) is 4.03. The molecule has 2 N–H and O–H groups in total. The molecule has 0 radical (unpaired) electrons. The first kappa shape index (κ1) is 13.1. The molecule has 4 nitrogen and oxygen atoms in total. The van der Waals surface area contributed by atoms with Crippen LogP contribution in [0.5, 0.6) is 5.75 Å². The molecule has 0 saturated carbocycles. The van der Waals surface area contributed by atoms with E-state index in [1.807, 2.05) is 42.5 Å². The van der Waals surface area contributed by atoms with Crippen molar-refractivity contribution in [1.29, 1.82) is 0 Å². The molecule has 0 aliphatic heterocycles. The van der Waals surface area contributed by atoms with Crippen molar-refractivity contribution in [1.82, 2.24) is 10.9 Å².